The normalized spacial score (nSPS) is 16.2. The largest absolute Gasteiger partial charge is 0.342 e. The number of pyridine rings is 1. The first-order chi connectivity index (χ1) is 15.0. The summed E-state index contributed by atoms with van der Waals surface area (Å²) in [5.41, 5.74) is 1.57. The number of aromatic nitrogens is 3. The molecule has 6 nitrogen and oxygen atoms in total. The second-order valence-electron chi connectivity index (χ2n) is 7.56. The summed E-state index contributed by atoms with van der Waals surface area (Å²) in [6.45, 7) is 3.11. The van der Waals surface area contributed by atoms with E-state index in [-0.39, 0.29) is 17.6 Å². The van der Waals surface area contributed by atoms with E-state index < -0.39 is 5.82 Å². The zero-order valence-corrected chi connectivity index (χ0v) is 17.2. The Hall–Kier alpha value is -3.42. The van der Waals surface area contributed by atoms with Crippen molar-refractivity contribution in [3.8, 4) is 11.3 Å². The van der Waals surface area contributed by atoms with Crippen LogP contribution in [0, 0.1) is 11.6 Å². The van der Waals surface area contributed by atoms with Crippen LogP contribution in [0.3, 0.4) is 0 Å². The number of piperidine rings is 1. The maximum Gasteiger partial charge on any atom is 0.222 e. The van der Waals surface area contributed by atoms with Crippen molar-refractivity contribution >= 4 is 17.4 Å². The summed E-state index contributed by atoms with van der Waals surface area (Å²) in [7, 11) is 0. The Morgan fingerprint density at radius 1 is 1.16 bits per heavy atom. The molecule has 0 radical (unpaired) electrons. The molecule has 0 saturated carbocycles. The average molecular weight is 423 g/mol. The van der Waals surface area contributed by atoms with Crippen molar-refractivity contribution < 1.29 is 13.6 Å². The number of nitrogens with zero attached hydrogens (tertiary/aromatic N) is 4. The molecule has 1 amide bonds. The molecule has 1 unspecified atom stereocenters. The van der Waals surface area contributed by atoms with E-state index in [1.165, 1.54) is 24.4 Å². The van der Waals surface area contributed by atoms with Crippen molar-refractivity contribution in [2.24, 2.45) is 0 Å². The first kappa shape index (κ1) is 20.8. The summed E-state index contributed by atoms with van der Waals surface area (Å²) in [5, 5.41) is 3.11. The standard InChI is InChI=1S/C23H23F2N5O/c1-2-22(31)30-8-4-5-15(14-30)23-28-20(16-9-18(25)13-26-12-16)11-21(29-23)27-19-7-3-6-17(24)10-19/h3,6-7,9-13,15H,2,4-5,8,14H2,1H3,(H,27,28,29). The number of likely N-dealkylation sites (tertiary alicyclic amines) is 1. The lowest BCUT2D eigenvalue weighted by Crippen LogP contribution is -2.39. The van der Waals surface area contributed by atoms with Crippen LogP contribution in [0.4, 0.5) is 20.3 Å². The topological polar surface area (TPSA) is 71.0 Å². The van der Waals surface area contributed by atoms with Crippen LogP contribution in [-0.2, 0) is 4.79 Å². The van der Waals surface area contributed by atoms with Crippen LogP contribution in [-0.4, -0.2) is 38.8 Å². The molecular formula is C23H23F2N5O. The van der Waals surface area contributed by atoms with Gasteiger partial charge in [0.15, 0.2) is 0 Å². The minimum absolute atomic E-state index is 0.0428. The van der Waals surface area contributed by atoms with E-state index >= 15 is 0 Å². The van der Waals surface area contributed by atoms with Gasteiger partial charge in [0.2, 0.25) is 5.91 Å². The lowest BCUT2D eigenvalue weighted by molar-refractivity contribution is -0.132. The Balaban J connectivity index is 1.71. The molecule has 160 valence electrons. The lowest BCUT2D eigenvalue weighted by Gasteiger charge is -2.32. The number of carbonyl (C=O) groups excluding carboxylic acids is 1. The van der Waals surface area contributed by atoms with Gasteiger partial charge in [0, 0.05) is 48.9 Å². The first-order valence-corrected chi connectivity index (χ1v) is 10.3. The SMILES string of the molecule is CCC(=O)N1CCCC(c2nc(Nc3cccc(F)c3)cc(-c3cncc(F)c3)n2)C1. The van der Waals surface area contributed by atoms with E-state index in [1.807, 2.05) is 11.8 Å². The van der Waals surface area contributed by atoms with Crippen molar-refractivity contribution in [3.05, 3.63) is 66.3 Å². The van der Waals surface area contributed by atoms with Crippen LogP contribution in [0.15, 0.2) is 48.8 Å². The number of halogens is 2. The fourth-order valence-electron chi connectivity index (χ4n) is 3.76. The van der Waals surface area contributed by atoms with Gasteiger partial charge >= 0.3 is 0 Å². The van der Waals surface area contributed by atoms with Gasteiger partial charge in [0.05, 0.1) is 11.9 Å². The quantitative estimate of drug-likeness (QED) is 0.645. The number of nitrogens with one attached hydrogen (secondary N) is 1. The molecule has 8 heteroatoms. The van der Waals surface area contributed by atoms with Gasteiger partial charge in [-0.2, -0.15) is 0 Å². The van der Waals surface area contributed by atoms with Crippen molar-refractivity contribution in [2.75, 3.05) is 18.4 Å². The molecular weight excluding hydrogens is 400 g/mol. The van der Waals surface area contributed by atoms with E-state index in [0.717, 1.165) is 25.6 Å². The lowest BCUT2D eigenvalue weighted by atomic mass is 9.96. The Morgan fingerprint density at radius 3 is 2.81 bits per heavy atom. The van der Waals surface area contributed by atoms with Gasteiger partial charge in [-0.1, -0.05) is 13.0 Å². The van der Waals surface area contributed by atoms with E-state index in [2.05, 4.69) is 20.3 Å². The van der Waals surface area contributed by atoms with Gasteiger partial charge < -0.3 is 10.2 Å². The number of anilines is 2. The van der Waals surface area contributed by atoms with Gasteiger partial charge in [-0.15, -0.1) is 0 Å². The number of rotatable bonds is 5. The van der Waals surface area contributed by atoms with Crippen LogP contribution in [0.25, 0.3) is 11.3 Å². The molecule has 0 bridgehead atoms. The summed E-state index contributed by atoms with van der Waals surface area (Å²) in [4.78, 5) is 27.3. The molecule has 1 aliphatic rings. The van der Waals surface area contributed by atoms with Crippen molar-refractivity contribution in [2.45, 2.75) is 32.1 Å². The predicted octanol–water partition coefficient (Wildman–Crippen LogP) is 4.68. The van der Waals surface area contributed by atoms with Crippen molar-refractivity contribution in [1.29, 1.82) is 0 Å². The highest BCUT2D eigenvalue weighted by atomic mass is 19.1. The van der Waals surface area contributed by atoms with E-state index in [0.29, 0.717) is 41.6 Å². The molecule has 1 saturated heterocycles. The Morgan fingerprint density at radius 2 is 2.03 bits per heavy atom. The molecule has 1 N–H and O–H groups in total. The second kappa shape index (κ2) is 9.16. The number of hydrogen-bond acceptors (Lipinski definition) is 5. The Kier molecular flexibility index (Phi) is 6.16. The van der Waals surface area contributed by atoms with E-state index in [1.54, 1.807) is 18.2 Å². The maximum atomic E-state index is 13.8. The highest BCUT2D eigenvalue weighted by Gasteiger charge is 2.26. The highest BCUT2D eigenvalue weighted by molar-refractivity contribution is 5.76. The number of benzene rings is 1. The zero-order valence-electron chi connectivity index (χ0n) is 17.2. The third kappa shape index (κ3) is 5.02. The fraction of sp³-hybridized carbons (Fsp3) is 0.304. The third-order valence-electron chi connectivity index (χ3n) is 5.28. The molecule has 1 fully saturated rings. The van der Waals surface area contributed by atoms with Crippen LogP contribution in [0.2, 0.25) is 0 Å². The highest BCUT2D eigenvalue weighted by Crippen LogP contribution is 2.29. The van der Waals surface area contributed by atoms with Crippen molar-refractivity contribution in [3.63, 3.8) is 0 Å². The monoisotopic (exact) mass is 423 g/mol. The summed E-state index contributed by atoms with van der Waals surface area (Å²) in [5.74, 6) is 0.264. The third-order valence-corrected chi connectivity index (χ3v) is 5.28. The molecule has 0 spiro atoms. The summed E-state index contributed by atoms with van der Waals surface area (Å²) in [6, 6.07) is 9.11. The summed E-state index contributed by atoms with van der Waals surface area (Å²) in [6.07, 6.45) is 4.83. The Labute approximate surface area is 179 Å². The van der Waals surface area contributed by atoms with Crippen LogP contribution in [0.5, 0.6) is 0 Å². The molecule has 4 rings (SSSR count). The van der Waals surface area contributed by atoms with E-state index in [9.17, 15) is 13.6 Å². The molecule has 1 atom stereocenters. The van der Waals surface area contributed by atoms with E-state index in [4.69, 9.17) is 0 Å². The molecule has 31 heavy (non-hydrogen) atoms. The van der Waals surface area contributed by atoms with Crippen LogP contribution in [0.1, 0.15) is 37.9 Å². The molecule has 0 aliphatic carbocycles. The van der Waals surface area contributed by atoms with Crippen molar-refractivity contribution in [1.82, 2.24) is 19.9 Å². The van der Waals surface area contributed by atoms with Gasteiger partial charge in [-0.3, -0.25) is 9.78 Å². The Bertz CT molecular complexity index is 1090. The molecule has 3 aromatic rings. The minimum Gasteiger partial charge on any atom is -0.342 e. The molecule has 1 aliphatic heterocycles. The van der Waals surface area contributed by atoms with Crippen LogP contribution < -0.4 is 5.32 Å². The number of hydrogen-bond donors (Lipinski definition) is 1. The van der Waals surface area contributed by atoms with Crippen LogP contribution >= 0.6 is 0 Å². The first-order valence-electron chi connectivity index (χ1n) is 10.3. The number of amides is 1. The average Bonchev–Trinajstić information content (AvgIpc) is 2.78. The smallest absolute Gasteiger partial charge is 0.222 e. The van der Waals surface area contributed by atoms with Gasteiger partial charge in [-0.25, -0.2) is 18.7 Å². The summed E-state index contributed by atoms with van der Waals surface area (Å²) < 4.78 is 27.4. The zero-order chi connectivity index (χ0) is 21.8. The fourth-order valence-corrected chi connectivity index (χ4v) is 3.76. The maximum absolute atomic E-state index is 13.8. The molecule has 2 aromatic heterocycles. The predicted molar refractivity (Wildman–Crippen MR) is 114 cm³/mol. The second-order valence-corrected chi connectivity index (χ2v) is 7.56. The molecule has 3 heterocycles. The molecule has 1 aromatic carbocycles. The number of carbonyl (C=O) groups is 1. The van der Waals surface area contributed by atoms with Gasteiger partial charge in [-0.05, 0) is 37.1 Å². The summed E-state index contributed by atoms with van der Waals surface area (Å²) >= 11 is 0. The minimum atomic E-state index is -0.463. The van der Waals surface area contributed by atoms with Gasteiger partial charge in [0.1, 0.15) is 23.3 Å². The van der Waals surface area contributed by atoms with Gasteiger partial charge in [0.25, 0.3) is 0 Å².